The Bertz CT molecular complexity index is 592. The number of rotatable bonds is 4. The molecule has 0 spiro atoms. The largest absolute Gasteiger partial charge is 0.478 e. The van der Waals surface area contributed by atoms with Crippen molar-refractivity contribution in [2.75, 3.05) is 0 Å². The zero-order valence-electron chi connectivity index (χ0n) is 10.6. The van der Waals surface area contributed by atoms with Crippen molar-refractivity contribution in [1.82, 2.24) is 4.89 Å². The first-order valence-corrected chi connectivity index (χ1v) is 7.53. The number of aromatic carboxylic acids is 1. The molecule has 8 heteroatoms. The quantitative estimate of drug-likeness (QED) is 0.810. The molecule has 1 aromatic carbocycles. The molecule has 0 saturated heterocycles. The topological polar surface area (TPSA) is 92.7 Å². The van der Waals surface area contributed by atoms with Gasteiger partial charge in [-0.05, 0) is 54.9 Å². The molecule has 0 saturated carbocycles. The number of carboxylic acid groups (broad SMARTS) is 1. The second-order valence-corrected chi connectivity index (χ2v) is 7.22. The fourth-order valence-electron chi connectivity index (χ4n) is 1.07. The van der Waals surface area contributed by atoms with E-state index in [1.165, 1.54) is 12.1 Å². The molecule has 19 heavy (non-hydrogen) atoms. The van der Waals surface area contributed by atoms with Crippen molar-refractivity contribution < 1.29 is 23.2 Å². The van der Waals surface area contributed by atoms with Gasteiger partial charge >= 0.3 is 5.97 Å². The van der Waals surface area contributed by atoms with Gasteiger partial charge in [0.15, 0.2) is 0 Å². The van der Waals surface area contributed by atoms with Gasteiger partial charge in [0.25, 0.3) is 10.0 Å². The summed E-state index contributed by atoms with van der Waals surface area (Å²) in [6.07, 6.45) is 0. The first-order valence-electron chi connectivity index (χ1n) is 5.25. The first-order chi connectivity index (χ1) is 8.53. The summed E-state index contributed by atoms with van der Waals surface area (Å²) in [6.45, 7) is 5.04. The summed E-state index contributed by atoms with van der Waals surface area (Å²) in [5, 5.41) is 8.86. The molecule has 0 atom stereocenters. The molecule has 0 aliphatic heterocycles. The van der Waals surface area contributed by atoms with Gasteiger partial charge in [0, 0.05) is 4.47 Å². The number of halogens is 1. The number of sulfonamides is 1. The Hall–Kier alpha value is -0.960. The Balaban J connectivity index is 3.14. The third kappa shape index (κ3) is 4.57. The minimum Gasteiger partial charge on any atom is -0.478 e. The third-order valence-electron chi connectivity index (χ3n) is 1.93. The number of nitrogens with one attached hydrogen (secondary N) is 1. The summed E-state index contributed by atoms with van der Waals surface area (Å²) in [4.78, 5) is 17.6. The maximum atomic E-state index is 12.0. The molecule has 0 bridgehead atoms. The van der Waals surface area contributed by atoms with Crippen LogP contribution in [-0.2, 0) is 14.9 Å². The lowest BCUT2D eigenvalue weighted by Gasteiger charge is -2.19. The average molecular weight is 352 g/mol. The van der Waals surface area contributed by atoms with E-state index in [1.54, 1.807) is 20.8 Å². The molecule has 2 N–H and O–H groups in total. The van der Waals surface area contributed by atoms with Crippen LogP contribution in [0.5, 0.6) is 0 Å². The molecule has 0 heterocycles. The molecule has 0 aliphatic rings. The van der Waals surface area contributed by atoms with Crippen LogP contribution in [0.1, 0.15) is 31.1 Å². The van der Waals surface area contributed by atoms with E-state index in [-0.39, 0.29) is 14.9 Å². The molecule has 1 rings (SSSR count). The van der Waals surface area contributed by atoms with Gasteiger partial charge in [-0.15, -0.1) is 0 Å². The summed E-state index contributed by atoms with van der Waals surface area (Å²) >= 11 is 3.07. The predicted octanol–water partition coefficient (Wildman–Crippen LogP) is 2.16. The average Bonchev–Trinajstić information content (AvgIpc) is 2.25. The number of carbonyl (C=O) groups is 1. The molecule has 1 aromatic rings. The van der Waals surface area contributed by atoms with Gasteiger partial charge in [0.05, 0.1) is 16.1 Å². The second kappa shape index (κ2) is 5.58. The molecule has 0 fully saturated rings. The molecular formula is C11H14BrNO5S. The van der Waals surface area contributed by atoms with Gasteiger partial charge in [0.1, 0.15) is 0 Å². The van der Waals surface area contributed by atoms with Crippen LogP contribution >= 0.6 is 15.9 Å². The van der Waals surface area contributed by atoms with E-state index < -0.39 is 21.6 Å². The zero-order chi connectivity index (χ0) is 14.8. The van der Waals surface area contributed by atoms with Crippen LogP contribution in [0.25, 0.3) is 0 Å². The van der Waals surface area contributed by atoms with Gasteiger partial charge in [0.2, 0.25) is 0 Å². The lowest BCUT2D eigenvalue weighted by atomic mass is 10.2. The van der Waals surface area contributed by atoms with E-state index in [9.17, 15) is 13.2 Å². The monoisotopic (exact) mass is 351 g/mol. The van der Waals surface area contributed by atoms with Crippen LogP contribution in [0.2, 0.25) is 0 Å². The van der Waals surface area contributed by atoms with Crippen LogP contribution in [0.15, 0.2) is 27.6 Å². The van der Waals surface area contributed by atoms with E-state index in [0.717, 1.165) is 6.07 Å². The third-order valence-corrected chi connectivity index (χ3v) is 4.10. The lowest BCUT2D eigenvalue weighted by Crippen LogP contribution is -2.33. The second-order valence-electron chi connectivity index (χ2n) is 4.75. The highest BCUT2D eigenvalue weighted by atomic mass is 79.9. The summed E-state index contributed by atoms with van der Waals surface area (Å²) in [5.74, 6) is -1.21. The summed E-state index contributed by atoms with van der Waals surface area (Å²) in [5.41, 5.74) is -0.830. The van der Waals surface area contributed by atoms with Crippen LogP contribution in [-0.4, -0.2) is 25.1 Å². The van der Waals surface area contributed by atoms with Crippen molar-refractivity contribution in [1.29, 1.82) is 0 Å². The van der Waals surface area contributed by atoms with E-state index >= 15 is 0 Å². The highest BCUT2D eigenvalue weighted by molar-refractivity contribution is 9.10. The van der Waals surface area contributed by atoms with Crippen molar-refractivity contribution >= 4 is 31.9 Å². The zero-order valence-corrected chi connectivity index (χ0v) is 13.0. The van der Waals surface area contributed by atoms with Crippen LogP contribution < -0.4 is 4.89 Å². The lowest BCUT2D eigenvalue weighted by molar-refractivity contribution is -0.0357. The Labute approximate surface area is 119 Å². The molecule has 6 nitrogen and oxygen atoms in total. The summed E-state index contributed by atoms with van der Waals surface area (Å²) in [7, 11) is -3.96. The highest BCUT2D eigenvalue weighted by Crippen LogP contribution is 2.23. The predicted molar refractivity (Wildman–Crippen MR) is 72.3 cm³/mol. The van der Waals surface area contributed by atoms with Gasteiger partial charge in [-0.1, -0.05) is 4.89 Å². The van der Waals surface area contributed by atoms with E-state index in [0.29, 0.717) is 0 Å². The van der Waals surface area contributed by atoms with E-state index in [2.05, 4.69) is 15.9 Å². The van der Waals surface area contributed by atoms with Gasteiger partial charge in [-0.2, -0.15) is 0 Å². The fourth-order valence-corrected chi connectivity index (χ4v) is 3.01. The molecular weight excluding hydrogens is 338 g/mol. The number of hydrogen-bond acceptors (Lipinski definition) is 4. The van der Waals surface area contributed by atoms with Crippen LogP contribution in [0.4, 0.5) is 0 Å². The molecule has 0 unspecified atom stereocenters. The van der Waals surface area contributed by atoms with Crippen molar-refractivity contribution in [3.63, 3.8) is 0 Å². The molecule has 0 radical (unpaired) electrons. The van der Waals surface area contributed by atoms with E-state index in [1.807, 2.05) is 4.89 Å². The summed E-state index contributed by atoms with van der Waals surface area (Å²) in [6, 6.07) is 3.71. The smallest absolute Gasteiger partial charge is 0.335 e. The van der Waals surface area contributed by atoms with Gasteiger partial charge in [-0.3, -0.25) is 4.84 Å². The number of carboxylic acids is 1. The summed E-state index contributed by atoms with van der Waals surface area (Å²) < 4.78 is 24.3. The maximum absolute atomic E-state index is 12.0. The van der Waals surface area contributed by atoms with E-state index in [4.69, 9.17) is 9.94 Å². The Morgan fingerprint density at radius 2 is 1.95 bits per heavy atom. The SMILES string of the molecule is CC(C)(C)ONS(=O)(=O)c1cc(C(=O)O)ccc1Br. The highest BCUT2D eigenvalue weighted by Gasteiger charge is 2.22. The molecule has 0 aliphatic carbocycles. The molecule has 0 aromatic heterocycles. The van der Waals surface area contributed by atoms with Gasteiger partial charge in [-0.25, -0.2) is 13.2 Å². The molecule has 106 valence electrons. The Kier molecular flexibility index (Phi) is 4.72. The standard InChI is InChI=1S/C11H14BrNO5S/c1-11(2,3)18-13-19(16,17)9-6-7(10(14)15)4-5-8(9)12/h4-6,13H,1-3H3,(H,14,15). The minimum atomic E-state index is -3.96. The van der Waals surface area contributed by atoms with Crippen molar-refractivity contribution in [2.45, 2.75) is 31.3 Å². The Morgan fingerprint density at radius 3 is 2.42 bits per heavy atom. The van der Waals surface area contributed by atoms with Crippen LogP contribution in [0, 0.1) is 0 Å². The maximum Gasteiger partial charge on any atom is 0.335 e. The Morgan fingerprint density at radius 1 is 1.37 bits per heavy atom. The van der Waals surface area contributed by atoms with Crippen LogP contribution in [0.3, 0.4) is 0 Å². The van der Waals surface area contributed by atoms with Crippen molar-refractivity contribution in [3.05, 3.63) is 28.2 Å². The molecule has 0 amide bonds. The fraction of sp³-hybridized carbons (Fsp3) is 0.364. The van der Waals surface area contributed by atoms with Gasteiger partial charge < -0.3 is 5.11 Å². The normalized spacial score (nSPS) is 12.4. The number of hydrogen-bond donors (Lipinski definition) is 2. The van der Waals surface area contributed by atoms with Crippen molar-refractivity contribution in [2.24, 2.45) is 0 Å². The first kappa shape index (κ1) is 16.1. The minimum absolute atomic E-state index is 0.126. The number of benzene rings is 1. The van der Waals surface area contributed by atoms with Crippen molar-refractivity contribution in [3.8, 4) is 0 Å².